The fraction of sp³-hybridized carbons (Fsp3) is 0.222. The third kappa shape index (κ3) is 5.70. The Kier molecular flexibility index (Phi) is 6.81. The zero-order valence-electron chi connectivity index (χ0n) is 13.6. The van der Waals surface area contributed by atoms with Crippen LogP contribution >= 0.6 is 15.9 Å². The van der Waals surface area contributed by atoms with Gasteiger partial charge in [0.2, 0.25) is 0 Å². The normalized spacial score (nSPS) is 11.2. The van der Waals surface area contributed by atoms with Crippen LogP contribution in [0.4, 0.5) is 5.69 Å². The zero-order valence-corrected chi connectivity index (χ0v) is 15.1. The summed E-state index contributed by atoms with van der Waals surface area (Å²) in [6.07, 6.45) is 1.00. The Balaban J connectivity index is 1.76. The molecule has 0 bridgehead atoms. The molecule has 0 heterocycles. The van der Waals surface area contributed by atoms with Crippen LogP contribution < -0.4 is 16.4 Å². The molecule has 2 rings (SSSR count). The molecule has 0 aromatic heterocycles. The number of amides is 1. The van der Waals surface area contributed by atoms with Crippen molar-refractivity contribution in [3.8, 4) is 0 Å². The van der Waals surface area contributed by atoms with Crippen LogP contribution in [0.15, 0.2) is 58.0 Å². The van der Waals surface area contributed by atoms with Crippen LogP contribution in [0.5, 0.6) is 0 Å². The van der Waals surface area contributed by atoms with Crippen LogP contribution in [0.2, 0.25) is 0 Å². The maximum atomic E-state index is 11.9. The minimum Gasteiger partial charge on any atom is -0.370 e. The van der Waals surface area contributed by atoms with Crippen molar-refractivity contribution in [2.75, 3.05) is 18.4 Å². The van der Waals surface area contributed by atoms with Gasteiger partial charge in [0.25, 0.3) is 5.91 Å². The quantitative estimate of drug-likeness (QED) is 0.403. The van der Waals surface area contributed by atoms with Crippen molar-refractivity contribution in [3.63, 3.8) is 0 Å². The third-order valence-corrected chi connectivity index (χ3v) is 3.95. The average Bonchev–Trinajstić information content (AvgIpc) is 2.60. The molecule has 24 heavy (non-hydrogen) atoms. The van der Waals surface area contributed by atoms with Gasteiger partial charge in [-0.1, -0.05) is 35.0 Å². The van der Waals surface area contributed by atoms with E-state index in [4.69, 9.17) is 5.73 Å². The van der Waals surface area contributed by atoms with E-state index >= 15 is 0 Å². The molecule has 4 N–H and O–H groups in total. The van der Waals surface area contributed by atoms with E-state index in [9.17, 15) is 4.79 Å². The largest absolute Gasteiger partial charge is 0.370 e. The van der Waals surface area contributed by atoms with Crippen LogP contribution in [-0.4, -0.2) is 25.0 Å². The molecule has 0 spiro atoms. The first-order valence-electron chi connectivity index (χ1n) is 7.78. The number of aryl methyl sites for hydroxylation is 1. The van der Waals surface area contributed by atoms with Gasteiger partial charge in [0.1, 0.15) is 0 Å². The Labute approximate surface area is 150 Å². The van der Waals surface area contributed by atoms with Gasteiger partial charge in [-0.25, -0.2) is 0 Å². The number of nitrogens with two attached hydrogens (primary N) is 1. The van der Waals surface area contributed by atoms with E-state index in [0.29, 0.717) is 24.6 Å². The SMILES string of the molecule is CCc1ccc(NC(N)=NCCNC(=O)c2ccc(Br)cc2)cc1. The number of halogens is 1. The maximum absolute atomic E-state index is 11.9. The molecule has 0 atom stereocenters. The first-order valence-corrected chi connectivity index (χ1v) is 8.57. The highest BCUT2D eigenvalue weighted by atomic mass is 79.9. The predicted octanol–water partition coefficient (Wildman–Crippen LogP) is 3.17. The summed E-state index contributed by atoms with van der Waals surface area (Å²) in [7, 11) is 0. The van der Waals surface area contributed by atoms with Crippen LogP contribution in [0, 0.1) is 0 Å². The molecule has 2 aromatic rings. The minimum absolute atomic E-state index is 0.126. The number of carbonyl (C=O) groups is 1. The van der Waals surface area contributed by atoms with Gasteiger partial charge in [0.05, 0.1) is 6.54 Å². The predicted molar refractivity (Wildman–Crippen MR) is 102 cm³/mol. The minimum atomic E-state index is -0.126. The molecular weight excluding hydrogens is 368 g/mol. The number of guanidine groups is 1. The number of nitrogens with zero attached hydrogens (tertiary/aromatic N) is 1. The second kappa shape index (κ2) is 9.08. The number of aliphatic imine (C=N–C) groups is 1. The molecule has 126 valence electrons. The topological polar surface area (TPSA) is 79.5 Å². The molecule has 2 aromatic carbocycles. The van der Waals surface area contributed by atoms with Crippen molar-refractivity contribution in [2.24, 2.45) is 10.7 Å². The van der Waals surface area contributed by atoms with Crippen LogP contribution in [-0.2, 0) is 6.42 Å². The van der Waals surface area contributed by atoms with E-state index < -0.39 is 0 Å². The highest BCUT2D eigenvalue weighted by Crippen LogP contribution is 2.10. The van der Waals surface area contributed by atoms with Crippen LogP contribution in [0.1, 0.15) is 22.8 Å². The van der Waals surface area contributed by atoms with Crippen LogP contribution in [0.3, 0.4) is 0 Å². The molecule has 0 saturated heterocycles. The molecule has 0 saturated carbocycles. The Hall–Kier alpha value is -2.34. The summed E-state index contributed by atoms with van der Waals surface area (Å²) >= 11 is 3.34. The second-order valence-electron chi connectivity index (χ2n) is 5.21. The maximum Gasteiger partial charge on any atom is 0.251 e. The lowest BCUT2D eigenvalue weighted by Crippen LogP contribution is -2.28. The fourth-order valence-corrected chi connectivity index (χ4v) is 2.32. The Bertz CT molecular complexity index is 696. The first-order chi connectivity index (χ1) is 11.6. The monoisotopic (exact) mass is 388 g/mol. The van der Waals surface area contributed by atoms with E-state index in [-0.39, 0.29) is 5.91 Å². The van der Waals surface area contributed by atoms with Gasteiger partial charge in [-0.15, -0.1) is 0 Å². The number of hydrogen-bond donors (Lipinski definition) is 3. The summed E-state index contributed by atoms with van der Waals surface area (Å²) < 4.78 is 0.939. The van der Waals surface area contributed by atoms with Crippen molar-refractivity contribution in [2.45, 2.75) is 13.3 Å². The summed E-state index contributed by atoms with van der Waals surface area (Å²) in [6, 6.07) is 15.2. The molecule has 6 heteroatoms. The van der Waals surface area contributed by atoms with Crippen molar-refractivity contribution in [1.82, 2.24) is 5.32 Å². The van der Waals surface area contributed by atoms with Gasteiger partial charge < -0.3 is 16.4 Å². The van der Waals surface area contributed by atoms with Crippen molar-refractivity contribution in [3.05, 3.63) is 64.1 Å². The molecule has 5 nitrogen and oxygen atoms in total. The van der Waals surface area contributed by atoms with E-state index in [0.717, 1.165) is 16.6 Å². The zero-order chi connectivity index (χ0) is 17.4. The molecule has 0 radical (unpaired) electrons. The second-order valence-corrected chi connectivity index (χ2v) is 6.12. The number of benzene rings is 2. The molecule has 0 aliphatic heterocycles. The van der Waals surface area contributed by atoms with E-state index in [1.54, 1.807) is 12.1 Å². The van der Waals surface area contributed by atoms with Crippen molar-refractivity contribution < 1.29 is 4.79 Å². The van der Waals surface area contributed by atoms with Crippen molar-refractivity contribution in [1.29, 1.82) is 0 Å². The molecular formula is C18H21BrN4O. The first kappa shape index (κ1) is 18.0. The lowest BCUT2D eigenvalue weighted by atomic mass is 10.1. The lowest BCUT2D eigenvalue weighted by molar-refractivity contribution is 0.0955. The van der Waals surface area contributed by atoms with Gasteiger partial charge in [-0.05, 0) is 48.4 Å². The summed E-state index contributed by atoms with van der Waals surface area (Å²) in [6.45, 7) is 2.95. The summed E-state index contributed by atoms with van der Waals surface area (Å²) in [5.41, 5.74) is 8.62. The Morgan fingerprint density at radius 1 is 1.12 bits per heavy atom. The van der Waals surface area contributed by atoms with Gasteiger partial charge in [-0.3, -0.25) is 9.79 Å². The Morgan fingerprint density at radius 3 is 2.42 bits per heavy atom. The average molecular weight is 389 g/mol. The summed E-state index contributed by atoms with van der Waals surface area (Å²) in [5.74, 6) is 0.205. The standard InChI is InChI=1S/C18H21BrN4O/c1-2-13-3-9-16(10-4-13)23-18(20)22-12-11-21-17(24)14-5-7-15(19)8-6-14/h3-10H,2,11-12H2,1H3,(H,21,24)(H3,20,22,23). The van der Waals surface area contributed by atoms with Crippen LogP contribution in [0.25, 0.3) is 0 Å². The van der Waals surface area contributed by atoms with Gasteiger partial charge >= 0.3 is 0 Å². The van der Waals surface area contributed by atoms with Gasteiger partial charge in [-0.2, -0.15) is 0 Å². The fourth-order valence-electron chi connectivity index (χ4n) is 2.06. The summed E-state index contributed by atoms with van der Waals surface area (Å²) in [4.78, 5) is 16.1. The molecule has 0 aliphatic carbocycles. The number of nitrogens with one attached hydrogen (secondary N) is 2. The number of hydrogen-bond acceptors (Lipinski definition) is 2. The Morgan fingerprint density at radius 2 is 1.79 bits per heavy atom. The number of anilines is 1. The van der Waals surface area contributed by atoms with E-state index in [2.05, 4.69) is 38.5 Å². The van der Waals surface area contributed by atoms with E-state index in [1.807, 2.05) is 36.4 Å². The highest BCUT2D eigenvalue weighted by Gasteiger charge is 2.03. The third-order valence-electron chi connectivity index (χ3n) is 3.42. The van der Waals surface area contributed by atoms with Crippen molar-refractivity contribution >= 4 is 33.5 Å². The van der Waals surface area contributed by atoms with Gasteiger partial charge in [0, 0.05) is 22.3 Å². The van der Waals surface area contributed by atoms with Gasteiger partial charge in [0.15, 0.2) is 5.96 Å². The summed E-state index contributed by atoms with van der Waals surface area (Å²) in [5, 5.41) is 5.84. The lowest BCUT2D eigenvalue weighted by Gasteiger charge is -2.07. The molecule has 0 fully saturated rings. The highest BCUT2D eigenvalue weighted by molar-refractivity contribution is 9.10. The molecule has 0 unspecified atom stereocenters. The smallest absolute Gasteiger partial charge is 0.251 e. The number of rotatable bonds is 6. The molecule has 1 amide bonds. The molecule has 0 aliphatic rings. The number of carbonyl (C=O) groups excluding carboxylic acids is 1. The van der Waals surface area contributed by atoms with E-state index in [1.165, 1.54) is 5.56 Å².